The molecule has 0 bridgehead atoms. The number of rotatable bonds is 7. The minimum Gasteiger partial charge on any atom is -0.495 e. The number of hydrogen-bond acceptors (Lipinski definition) is 5. The van der Waals surface area contributed by atoms with Crippen LogP contribution >= 0.6 is 0 Å². The quantitative estimate of drug-likeness (QED) is 0.742. The van der Waals surface area contributed by atoms with Gasteiger partial charge in [-0.2, -0.15) is 0 Å². The van der Waals surface area contributed by atoms with E-state index >= 15 is 0 Å². The summed E-state index contributed by atoms with van der Waals surface area (Å²) >= 11 is 0. The van der Waals surface area contributed by atoms with Crippen molar-refractivity contribution in [3.63, 3.8) is 0 Å². The molecule has 138 valence electrons. The summed E-state index contributed by atoms with van der Waals surface area (Å²) in [6, 6.07) is 4.11. The second-order valence-electron chi connectivity index (χ2n) is 6.31. The largest absolute Gasteiger partial charge is 0.495 e. The first-order valence-electron chi connectivity index (χ1n) is 7.76. The van der Waals surface area contributed by atoms with Crippen LogP contribution in [0.25, 0.3) is 0 Å². The fourth-order valence-corrected chi connectivity index (χ4v) is 3.84. The smallest absolute Gasteiger partial charge is 0.305 e. The molecule has 0 aromatic heterocycles. The van der Waals surface area contributed by atoms with Crippen molar-refractivity contribution < 1.29 is 27.9 Å². The molecule has 2 rings (SSSR count). The molecule has 0 saturated heterocycles. The van der Waals surface area contributed by atoms with E-state index in [1.54, 1.807) is 0 Å². The van der Waals surface area contributed by atoms with Crippen LogP contribution in [0.2, 0.25) is 0 Å². The van der Waals surface area contributed by atoms with E-state index in [0.717, 1.165) is 10.7 Å². The highest BCUT2D eigenvalue weighted by Crippen LogP contribution is 2.35. The Labute approximate surface area is 146 Å². The first-order valence-corrected chi connectivity index (χ1v) is 9.20. The van der Waals surface area contributed by atoms with Crippen molar-refractivity contribution in [2.45, 2.75) is 36.1 Å². The zero-order chi connectivity index (χ0) is 18.8. The summed E-state index contributed by atoms with van der Waals surface area (Å²) in [7, 11) is 0.325. The summed E-state index contributed by atoms with van der Waals surface area (Å²) < 4.78 is 31.0. The van der Waals surface area contributed by atoms with Crippen LogP contribution in [-0.2, 0) is 14.8 Å². The predicted molar refractivity (Wildman–Crippen MR) is 90.2 cm³/mol. The van der Waals surface area contributed by atoms with Gasteiger partial charge in [-0.15, -0.1) is 0 Å². The molecule has 0 aliphatic heterocycles. The summed E-state index contributed by atoms with van der Waals surface area (Å²) in [5, 5.41) is 11.8. The fraction of sp³-hybridized carbons (Fsp3) is 0.500. The molecule has 0 radical (unpaired) electrons. The molecule has 1 aromatic rings. The van der Waals surface area contributed by atoms with E-state index in [1.165, 1.54) is 39.4 Å². The van der Waals surface area contributed by atoms with Crippen LogP contribution in [0.5, 0.6) is 5.75 Å². The number of ether oxygens (including phenoxy) is 1. The number of carbonyl (C=O) groups is 2. The highest BCUT2D eigenvalue weighted by Gasteiger charge is 2.40. The molecule has 0 heterocycles. The first-order chi connectivity index (χ1) is 11.6. The Morgan fingerprint density at radius 1 is 1.32 bits per heavy atom. The Morgan fingerprint density at radius 2 is 1.96 bits per heavy atom. The molecule has 1 aliphatic rings. The van der Waals surface area contributed by atoms with Gasteiger partial charge in [-0.25, -0.2) is 12.7 Å². The summed E-state index contributed by atoms with van der Waals surface area (Å²) in [5.41, 5.74) is -0.624. The maximum Gasteiger partial charge on any atom is 0.305 e. The van der Waals surface area contributed by atoms with Gasteiger partial charge in [0.25, 0.3) is 5.91 Å². The molecule has 2 N–H and O–H groups in total. The highest BCUT2D eigenvalue weighted by atomic mass is 32.2. The number of carbonyl (C=O) groups excluding carboxylic acids is 1. The molecular formula is C16H22N2O6S. The number of methoxy groups -OCH3 is 1. The van der Waals surface area contributed by atoms with Gasteiger partial charge in [0.1, 0.15) is 10.6 Å². The molecule has 0 unspecified atom stereocenters. The average molecular weight is 370 g/mol. The van der Waals surface area contributed by atoms with Crippen LogP contribution < -0.4 is 10.1 Å². The Hall–Kier alpha value is -2.13. The Kier molecular flexibility index (Phi) is 5.38. The maximum absolute atomic E-state index is 12.5. The summed E-state index contributed by atoms with van der Waals surface area (Å²) in [5.74, 6) is -1.35. The number of nitrogens with one attached hydrogen (secondary N) is 1. The van der Waals surface area contributed by atoms with Gasteiger partial charge in [0, 0.05) is 19.7 Å². The molecule has 1 saturated carbocycles. The highest BCUT2D eigenvalue weighted by molar-refractivity contribution is 7.89. The monoisotopic (exact) mass is 370 g/mol. The number of nitrogens with zero attached hydrogens (tertiary/aromatic N) is 1. The zero-order valence-corrected chi connectivity index (χ0v) is 15.2. The van der Waals surface area contributed by atoms with E-state index in [9.17, 15) is 18.0 Å². The topological polar surface area (TPSA) is 113 Å². The van der Waals surface area contributed by atoms with Crippen molar-refractivity contribution in [3.05, 3.63) is 23.8 Å². The lowest BCUT2D eigenvalue weighted by Crippen LogP contribution is -2.54. The van der Waals surface area contributed by atoms with Gasteiger partial charge in [-0.3, -0.25) is 9.59 Å². The van der Waals surface area contributed by atoms with E-state index < -0.39 is 27.4 Å². The number of aliphatic carboxylic acids is 1. The molecule has 1 amide bonds. The number of amides is 1. The van der Waals surface area contributed by atoms with E-state index in [0.29, 0.717) is 12.8 Å². The normalized spacial score (nSPS) is 16.2. The van der Waals surface area contributed by atoms with Gasteiger partial charge in [-0.05, 0) is 37.5 Å². The Morgan fingerprint density at radius 3 is 2.40 bits per heavy atom. The lowest BCUT2D eigenvalue weighted by atomic mass is 9.74. The van der Waals surface area contributed by atoms with Crippen molar-refractivity contribution in [1.82, 2.24) is 9.62 Å². The standard InChI is InChI=1S/C16H22N2O6S/c1-18(2)25(22,23)13-9-11(5-6-12(13)24-3)15(21)17-16(7-4-8-16)10-14(19)20/h5-6,9H,4,7-8,10H2,1-3H3,(H,17,21)(H,19,20). The SMILES string of the molecule is COc1ccc(C(=O)NC2(CC(=O)O)CCC2)cc1S(=O)(=O)N(C)C. The van der Waals surface area contributed by atoms with Gasteiger partial charge >= 0.3 is 5.97 Å². The van der Waals surface area contributed by atoms with Crippen LogP contribution in [0, 0.1) is 0 Å². The van der Waals surface area contributed by atoms with Crippen LogP contribution in [-0.4, -0.2) is 56.5 Å². The van der Waals surface area contributed by atoms with Crippen LogP contribution in [0.4, 0.5) is 0 Å². The third-order valence-corrected chi connectivity index (χ3v) is 6.20. The number of hydrogen-bond donors (Lipinski definition) is 2. The van der Waals surface area contributed by atoms with Gasteiger partial charge in [0.15, 0.2) is 0 Å². The Balaban J connectivity index is 2.34. The lowest BCUT2D eigenvalue weighted by molar-refractivity contribution is -0.139. The van der Waals surface area contributed by atoms with Gasteiger partial charge < -0.3 is 15.2 Å². The van der Waals surface area contributed by atoms with Crippen molar-refractivity contribution in [3.8, 4) is 5.75 Å². The van der Waals surface area contributed by atoms with E-state index in [1.807, 2.05) is 0 Å². The van der Waals surface area contributed by atoms with Gasteiger partial charge in [-0.1, -0.05) is 0 Å². The van der Waals surface area contributed by atoms with E-state index in [-0.39, 0.29) is 22.6 Å². The molecule has 1 aromatic carbocycles. The fourth-order valence-electron chi connectivity index (χ4n) is 2.77. The first kappa shape index (κ1) is 19.2. The summed E-state index contributed by atoms with van der Waals surface area (Å²) in [6.07, 6.45) is 1.86. The van der Waals surface area contributed by atoms with E-state index in [4.69, 9.17) is 9.84 Å². The van der Waals surface area contributed by atoms with E-state index in [2.05, 4.69) is 5.32 Å². The third kappa shape index (κ3) is 3.93. The molecule has 1 aliphatic carbocycles. The van der Waals surface area contributed by atoms with Crippen molar-refractivity contribution in [1.29, 1.82) is 0 Å². The second kappa shape index (κ2) is 7.01. The molecule has 0 atom stereocenters. The molecule has 0 spiro atoms. The number of sulfonamides is 1. The van der Waals surface area contributed by atoms with Crippen LogP contribution in [0.15, 0.2) is 23.1 Å². The molecule has 8 nitrogen and oxygen atoms in total. The van der Waals surface area contributed by atoms with Crippen molar-refractivity contribution in [2.24, 2.45) is 0 Å². The molecule has 9 heteroatoms. The average Bonchev–Trinajstić information content (AvgIpc) is 2.51. The predicted octanol–water partition coefficient (Wildman–Crippen LogP) is 1.07. The van der Waals surface area contributed by atoms with Crippen molar-refractivity contribution in [2.75, 3.05) is 21.2 Å². The van der Waals surface area contributed by atoms with Gasteiger partial charge in [0.05, 0.1) is 19.1 Å². The number of carboxylic acids is 1. The van der Waals surface area contributed by atoms with Crippen LogP contribution in [0.3, 0.4) is 0 Å². The minimum atomic E-state index is -3.80. The molecule has 1 fully saturated rings. The third-order valence-electron chi connectivity index (χ3n) is 4.36. The zero-order valence-electron chi connectivity index (χ0n) is 14.4. The lowest BCUT2D eigenvalue weighted by Gasteiger charge is -2.41. The van der Waals surface area contributed by atoms with Gasteiger partial charge in [0.2, 0.25) is 10.0 Å². The van der Waals surface area contributed by atoms with Crippen LogP contribution in [0.1, 0.15) is 36.0 Å². The van der Waals surface area contributed by atoms with Crippen molar-refractivity contribution >= 4 is 21.9 Å². The second-order valence-corrected chi connectivity index (χ2v) is 8.43. The summed E-state index contributed by atoms with van der Waals surface area (Å²) in [6.45, 7) is 0. The summed E-state index contributed by atoms with van der Waals surface area (Å²) in [4.78, 5) is 23.4. The minimum absolute atomic E-state index is 0.117. The Bertz CT molecular complexity index is 784. The number of benzene rings is 1. The maximum atomic E-state index is 12.5. The molecular weight excluding hydrogens is 348 g/mol. The number of carboxylic acid groups (broad SMARTS) is 1. The molecule has 25 heavy (non-hydrogen) atoms.